The standard InChI is InChI=1S/C8H4BrNO3/c9-8-10-5-3-4(7(11)12)1-2-6(5)13-8/h1-3H,(H,11,12). The maximum atomic E-state index is 10.6. The normalized spacial score (nSPS) is 10.5. The van der Waals surface area contributed by atoms with Crippen molar-refractivity contribution < 1.29 is 14.3 Å². The van der Waals surface area contributed by atoms with Crippen molar-refractivity contribution in [2.45, 2.75) is 0 Å². The summed E-state index contributed by atoms with van der Waals surface area (Å²) in [7, 11) is 0. The van der Waals surface area contributed by atoms with E-state index in [-0.39, 0.29) is 5.56 Å². The summed E-state index contributed by atoms with van der Waals surface area (Å²) in [6.45, 7) is 0. The van der Waals surface area contributed by atoms with Crippen LogP contribution >= 0.6 is 15.9 Å². The van der Waals surface area contributed by atoms with Crippen LogP contribution in [0.5, 0.6) is 0 Å². The molecule has 0 radical (unpaired) electrons. The second kappa shape index (κ2) is 2.85. The van der Waals surface area contributed by atoms with Crippen LogP contribution in [0.15, 0.2) is 27.4 Å². The Kier molecular flexibility index (Phi) is 1.81. The Hall–Kier alpha value is -1.36. The number of oxazole rings is 1. The Morgan fingerprint density at radius 3 is 3.00 bits per heavy atom. The van der Waals surface area contributed by atoms with Crippen LogP contribution < -0.4 is 0 Å². The van der Waals surface area contributed by atoms with E-state index >= 15 is 0 Å². The van der Waals surface area contributed by atoms with Gasteiger partial charge in [-0.1, -0.05) is 0 Å². The van der Waals surface area contributed by atoms with Gasteiger partial charge in [-0.3, -0.25) is 0 Å². The summed E-state index contributed by atoms with van der Waals surface area (Å²) in [6.07, 6.45) is 0. The monoisotopic (exact) mass is 241 g/mol. The molecule has 0 aliphatic heterocycles. The van der Waals surface area contributed by atoms with Crippen molar-refractivity contribution in [1.29, 1.82) is 0 Å². The molecule has 4 nitrogen and oxygen atoms in total. The van der Waals surface area contributed by atoms with Crippen LogP contribution in [0.2, 0.25) is 0 Å². The third-order valence-electron chi connectivity index (χ3n) is 1.61. The highest BCUT2D eigenvalue weighted by Crippen LogP contribution is 2.20. The third kappa shape index (κ3) is 1.42. The molecule has 0 saturated carbocycles. The number of carbonyl (C=O) groups is 1. The second-order valence-corrected chi connectivity index (χ2v) is 3.13. The molecule has 66 valence electrons. The van der Waals surface area contributed by atoms with Crippen LogP contribution in [0.1, 0.15) is 10.4 Å². The van der Waals surface area contributed by atoms with Crippen LogP contribution in [0.3, 0.4) is 0 Å². The van der Waals surface area contributed by atoms with E-state index < -0.39 is 5.97 Å². The van der Waals surface area contributed by atoms with Crippen LogP contribution in [0, 0.1) is 0 Å². The van der Waals surface area contributed by atoms with E-state index in [0.29, 0.717) is 15.9 Å². The molecule has 0 unspecified atom stereocenters. The van der Waals surface area contributed by atoms with E-state index in [9.17, 15) is 4.79 Å². The third-order valence-corrected chi connectivity index (χ3v) is 1.95. The number of benzene rings is 1. The van der Waals surface area contributed by atoms with Gasteiger partial charge in [0, 0.05) is 15.9 Å². The molecular weight excluding hydrogens is 238 g/mol. The van der Waals surface area contributed by atoms with Crippen molar-refractivity contribution in [2.24, 2.45) is 0 Å². The summed E-state index contributed by atoms with van der Waals surface area (Å²) in [4.78, 5) is 14.9. The molecule has 0 atom stereocenters. The molecule has 0 spiro atoms. The quantitative estimate of drug-likeness (QED) is 0.833. The van der Waals surface area contributed by atoms with E-state index in [4.69, 9.17) is 9.52 Å². The average Bonchev–Trinajstić information content (AvgIpc) is 2.42. The second-order valence-electron chi connectivity index (χ2n) is 2.45. The zero-order valence-electron chi connectivity index (χ0n) is 6.32. The number of fused-ring (bicyclic) bond motifs is 1. The van der Waals surface area contributed by atoms with Gasteiger partial charge in [-0.15, -0.1) is 0 Å². The van der Waals surface area contributed by atoms with Gasteiger partial charge in [0.2, 0.25) is 0 Å². The molecule has 0 amide bonds. The maximum absolute atomic E-state index is 10.6. The molecule has 1 aromatic carbocycles. The number of carboxylic acid groups (broad SMARTS) is 1. The van der Waals surface area contributed by atoms with Crippen LogP contribution in [-0.2, 0) is 0 Å². The minimum absolute atomic E-state index is 0.202. The Morgan fingerprint density at radius 1 is 1.54 bits per heavy atom. The minimum Gasteiger partial charge on any atom is -0.478 e. The molecule has 2 aromatic rings. The number of halogens is 1. The molecule has 1 aromatic heterocycles. The van der Waals surface area contributed by atoms with E-state index in [2.05, 4.69) is 20.9 Å². The van der Waals surface area contributed by atoms with Crippen LogP contribution in [0.4, 0.5) is 0 Å². The van der Waals surface area contributed by atoms with Gasteiger partial charge >= 0.3 is 5.97 Å². The Labute approximate surface area is 81.3 Å². The summed E-state index contributed by atoms with van der Waals surface area (Å²) >= 11 is 3.06. The molecule has 0 saturated heterocycles. The molecule has 0 aliphatic rings. The van der Waals surface area contributed by atoms with Gasteiger partial charge in [0.1, 0.15) is 5.52 Å². The van der Waals surface area contributed by atoms with E-state index in [1.165, 1.54) is 12.1 Å². The van der Waals surface area contributed by atoms with Crippen LogP contribution in [-0.4, -0.2) is 16.1 Å². The smallest absolute Gasteiger partial charge is 0.335 e. The summed E-state index contributed by atoms with van der Waals surface area (Å²) in [5.74, 6) is -0.971. The zero-order valence-corrected chi connectivity index (χ0v) is 7.91. The average molecular weight is 242 g/mol. The fraction of sp³-hybridized carbons (Fsp3) is 0. The van der Waals surface area contributed by atoms with Crippen LogP contribution in [0.25, 0.3) is 11.1 Å². The molecule has 0 aliphatic carbocycles. The molecule has 2 rings (SSSR count). The topological polar surface area (TPSA) is 63.3 Å². The first-order chi connectivity index (χ1) is 6.16. The molecule has 0 fully saturated rings. The van der Waals surface area contributed by atoms with Gasteiger partial charge in [0.15, 0.2) is 5.58 Å². The first-order valence-electron chi connectivity index (χ1n) is 3.46. The lowest BCUT2D eigenvalue weighted by Crippen LogP contribution is -1.94. The largest absolute Gasteiger partial charge is 0.478 e. The SMILES string of the molecule is O=C(O)c1ccc2oc(Br)nc2c1. The maximum Gasteiger partial charge on any atom is 0.335 e. The number of hydrogen-bond acceptors (Lipinski definition) is 3. The Morgan fingerprint density at radius 2 is 2.31 bits per heavy atom. The molecule has 5 heteroatoms. The Balaban J connectivity index is 2.67. The Bertz CT molecular complexity index is 477. The first-order valence-corrected chi connectivity index (χ1v) is 4.25. The van der Waals surface area contributed by atoms with Gasteiger partial charge in [0.25, 0.3) is 4.80 Å². The van der Waals surface area contributed by atoms with Crippen molar-refractivity contribution in [3.63, 3.8) is 0 Å². The lowest BCUT2D eigenvalue weighted by Gasteiger charge is -1.90. The van der Waals surface area contributed by atoms with E-state index in [1.807, 2.05) is 0 Å². The molecule has 1 heterocycles. The number of aromatic carboxylic acids is 1. The van der Waals surface area contributed by atoms with Crippen molar-refractivity contribution in [3.8, 4) is 0 Å². The number of carboxylic acids is 1. The predicted molar refractivity (Wildman–Crippen MR) is 48.7 cm³/mol. The summed E-state index contributed by atoms with van der Waals surface area (Å²) < 4.78 is 5.12. The van der Waals surface area contributed by atoms with Gasteiger partial charge in [-0.25, -0.2) is 9.78 Å². The lowest BCUT2D eigenvalue weighted by atomic mass is 10.2. The zero-order chi connectivity index (χ0) is 9.42. The van der Waals surface area contributed by atoms with E-state index in [1.54, 1.807) is 6.07 Å². The predicted octanol–water partition coefficient (Wildman–Crippen LogP) is 2.29. The lowest BCUT2D eigenvalue weighted by molar-refractivity contribution is 0.0697. The molecule has 13 heavy (non-hydrogen) atoms. The summed E-state index contributed by atoms with van der Waals surface area (Å²) in [6, 6.07) is 4.52. The molecule has 1 N–H and O–H groups in total. The van der Waals surface area contributed by atoms with Gasteiger partial charge < -0.3 is 9.52 Å². The number of nitrogens with zero attached hydrogens (tertiary/aromatic N) is 1. The van der Waals surface area contributed by atoms with Gasteiger partial charge in [-0.2, -0.15) is 0 Å². The summed E-state index contributed by atoms with van der Waals surface area (Å²) in [5.41, 5.74) is 1.30. The van der Waals surface area contributed by atoms with Crippen molar-refractivity contribution >= 4 is 33.0 Å². The fourth-order valence-electron chi connectivity index (χ4n) is 1.03. The van der Waals surface area contributed by atoms with Crippen molar-refractivity contribution in [1.82, 2.24) is 4.98 Å². The minimum atomic E-state index is -0.971. The molecule has 0 bridgehead atoms. The van der Waals surface area contributed by atoms with Crippen molar-refractivity contribution in [3.05, 3.63) is 28.6 Å². The molecular formula is C8H4BrNO3. The highest BCUT2D eigenvalue weighted by Gasteiger charge is 2.07. The highest BCUT2D eigenvalue weighted by molar-refractivity contribution is 9.10. The summed E-state index contributed by atoms with van der Waals surface area (Å²) in [5, 5.41) is 8.68. The van der Waals surface area contributed by atoms with E-state index in [0.717, 1.165) is 0 Å². The number of hydrogen-bond donors (Lipinski definition) is 1. The highest BCUT2D eigenvalue weighted by atomic mass is 79.9. The van der Waals surface area contributed by atoms with Gasteiger partial charge in [0.05, 0.1) is 5.56 Å². The van der Waals surface area contributed by atoms with Gasteiger partial charge in [-0.05, 0) is 18.2 Å². The van der Waals surface area contributed by atoms with Crippen molar-refractivity contribution in [2.75, 3.05) is 0 Å². The number of aromatic nitrogens is 1. The fourth-order valence-corrected chi connectivity index (χ4v) is 1.40. The first kappa shape index (κ1) is 8.25. The number of rotatable bonds is 1.